The van der Waals surface area contributed by atoms with Crippen LogP contribution < -0.4 is 9.47 Å². The molecular formula is C26H42O12. The van der Waals surface area contributed by atoms with E-state index in [0.29, 0.717) is 105 Å². The molecule has 0 aliphatic carbocycles. The van der Waals surface area contributed by atoms with Crippen LogP contribution in [0.3, 0.4) is 0 Å². The normalized spacial score (nSPS) is 11.0. The molecule has 0 bridgehead atoms. The first kappa shape index (κ1) is 33.9. The van der Waals surface area contributed by atoms with Crippen LogP contribution in [0.1, 0.15) is 20.7 Å². The van der Waals surface area contributed by atoms with Gasteiger partial charge in [0.15, 0.2) is 12.6 Å². The first-order chi connectivity index (χ1) is 18.8. The lowest BCUT2D eigenvalue weighted by molar-refractivity contribution is 0.00000649. The summed E-state index contributed by atoms with van der Waals surface area (Å²) in [5.41, 5.74) is 0.536. The molecule has 0 unspecified atom stereocenters. The molecule has 0 heterocycles. The Morgan fingerprint density at radius 1 is 0.447 bits per heavy atom. The van der Waals surface area contributed by atoms with E-state index in [-0.39, 0.29) is 35.8 Å². The highest BCUT2D eigenvalue weighted by atomic mass is 16.6. The molecule has 1 rings (SSSR count). The van der Waals surface area contributed by atoms with Crippen LogP contribution >= 0.6 is 0 Å². The molecule has 0 saturated carbocycles. The molecule has 0 N–H and O–H groups in total. The topological polar surface area (TPSA) is 126 Å². The Balaban J connectivity index is 2.20. The maximum Gasteiger partial charge on any atom is 0.153 e. The van der Waals surface area contributed by atoms with E-state index in [1.54, 1.807) is 14.2 Å². The third kappa shape index (κ3) is 17.4. The summed E-state index contributed by atoms with van der Waals surface area (Å²) >= 11 is 0. The highest BCUT2D eigenvalue weighted by Crippen LogP contribution is 2.27. The molecule has 0 atom stereocenters. The number of carbonyl (C=O) groups is 2. The minimum Gasteiger partial charge on any atom is -0.490 e. The summed E-state index contributed by atoms with van der Waals surface area (Å²) in [4.78, 5) is 23.1. The van der Waals surface area contributed by atoms with Gasteiger partial charge in [0.1, 0.15) is 24.7 Å². The van der Waals surface area contributed by atoms with Crippen molar-refractivity contribution in [3.8, 4) is 11.5 Å². The van der Waals surface area contributed by atoms with Crippen molar-refractivity contribution in [2.75, 3.05) is 120 Å². The molecule has 0 aliphatic heterocycles. The first-order valence-electron chi connectivity index (χ1n) is 12.5. The van der Waals surface area contributed by atoms with Crippen LogP contribution in [0.4, 0.5) is 0 Å². The molecule has 12 nitrogen and oxygen atoms in total. The number of hydrogen-bond acceptors (Lipinski definition) is 12. The van der Waals surface area contributed by atoms with Gasteiger partial charge in [0.05, 0.1) is 104 Å². The van der Waals surface area contributed by atoms with Crippen molar-refractivity contribution in [2.45, 2.75) is 0 Å². The molecule has 1 aromatic carbocycles. The second kappa shape index (κ2) is 25.1. The van der Waals surface area contributed by atoms with Gasteiger partial charge in [-0.15, -0.1) is 0 Å². The lowest BCUT2D eigenvalue weighted by Gasteiger charge is -2.14. The Kier molecular flexibility index (Phi) is 22.4. The molecule has 0 saturated heterocycles. The molecule has 0 radical (unpaired) electrons. The SMILES string of the molecule is COCCOCCOCCOCCOc1cc(C=O)c(OCCOCCOCCOCCOC)cc1C=O. The Labute approximate surface area is 224 Å². The van der Waals surface area contributed by atoms with Gasteiger partial charge in [-0.2, -0.15) is 0 Å². The average Bonchev–Trinajstić information content (AvgIpc) is 2.94. The second-order valence-corrected chi connectivity index (χ2v) is 7.52. The van der Waals surface area contributed by atoms with E-state index < -0.39 is 0 Å². The predicted octanol–water partition coefficient (Wildman–Crippen LogP) is 1.46. The Morgan fingerprint density at radius 3 is 0.974 bits per heavy atom. The van der Waals surface area contributed by atoms with E-state index in [2.05, 4.69) is 0 Å². The van der Waals surface area contributed by atoms with Crippen LogP contribution in [0.2, 0.25) is 0 Å². The third-order valence-electron chi connectivity index (χ3n) is 4.72. The van der Waals surface area contributed by atoms with Gasteiger partial charge in [-0.3, -0.25) is 9.59 Å². The molecular weight excluding hydrogens is 504 g/mol. The lowest BCUT2D eigenvalue weighted by Crippen LogP contribution is -2.14. The third-order valence-corrected chi connectivity index (χ3v) is 4.72. The van der Waals surface area contributed by atoms with Gasteiger partial charge in [0.2, 0.25) is 0 Å². The summed E-state index contributed by atoms with van der Waals surface area (Å²) in [6.45, 7) is 6.75. The Bertz CT molecular complexity index is 656. The molecule has 38 heavy (non-hydrogen) atoms. The van der Waals surface area contributed by atoms with E-state index in [0.717, 1.165) is 0 Å². The number of hydrogen-bond donors (Lipinski definition) is 0. The fourth-order valence-corrected chi connectivity index (χ4v) is 2.81. The highest BCUT2D eigenvalue weighted by Gasteiger charge is 2.12. The number of aldehydes is 2. The maximum absolute atomic E-state index is 11.5. The van der Waals surface area contributed by atoms with E-state index in [1.165, 1.54) is 12.1 Å². The number of rotatable bonds is 28. The van der Waals surface area contributed by atoms with Crippen molar-refractivity contribution in [2.24, 2.45) is 0 Å². The zero-order valence-corrected chi connectivity index (χ0v) is 22.5. The number of methoxy groups -OCH3 is 2. The molecule has 0 amide bonds. The van der Waals surface area contributed by atoms with Gasteiger partial charge in [-0.25, -0.2) is 0 Å². The van der Waals surface area contributed by atoms with Crippen LogP contribution in [-0.2, 0) is 37.9 Å². The zero-order chi connectivity index (χ0) is 27.5. The van der Waals surface area contributed by atoms with E-state index in [4.69, 9.17) is 47.4 Å². The van der Waals surface area contributed by atoms with Crippen molar-refractivity contribution in [3.63, 3.8) is 0 Å². The van der Waals surface area contributed by atoms with Gasteiger partial charge in [-0.1, -0.05) is 0 Å². The summed E-state index contributed by atoms with van der Waals surface area (Å²) < 4.78 is 53.3. The van der Waals surface area contributed by atoms with E-state index in [9.17, 15) is 9.59 Å². The summed E-state index contributed by atoms with van der Waals surface area (Å²) in [6.07, 6.45) is 1.29. The van der Waals surface area contributed by atoms with Gasteiger partial charge in [-0.05, 0) is 12.1 Å². The second-order valence-electron chi connectivity index (χ2n) is 7.52. The van der Waals surface area contributed by atoms with Gasteiger partial charge < -0.3 is 47.4 Å². The van der Waals surface area contributed by atoms with Crippen molar-refractivity contribution in [3.05, 3.63) is 23.3 Å². The zero-order valence-electron chi connectivity index (χ0n) is 22.5. The summed E-state index contributed by atoms with van der Waals surface area (Å²) in [5.74, 6) is 0.559. The standard InChI is InChI=1S/C26H42O12/c1-29-3-5-31-7-9-33-11-13-35-15-17-37-25-19-24(22-28)26(20-23(25)21-27)38-18-16-36-14-12-34-10-8-32-6-4-30-2/h19-22H,3-18H2,1-2H3. The van der Waals surface area contributed by atoms with Crippen LogP contribution in [0.5, 0.6) is 11.5 Å². The quantitative estimate of drug-likeness (QED) is 0.112. The van der Waals surface area contributed by atoms with Gasteiger partial charge in [0, 0.05) is 14.2 Å². The highest BCUT2D eigenvalue weighted by molar-refractivity contribution is 5.87. The van der Waals surface area contributed by atoms with Crippen LogP contribution in [0.15, 0.2) is 12.1 Å². The fraction of sp³-hybridized carbons (Fsp3) is 0.692. The molecule has 0 spiro atoms. The molecule has 218 valence electrons. The largest absolute Gasteiger partial charge is 0.490 e. The van der Waals surface area contributed by atoms with E-state index in [1.807, 2.05) is 0 Å². The molecule has 12 heteroatoms. The Morgan fingerprint density at radius 2 is 0.711 bits per heavy atom. The molecule has 0 aromatic heterocycles. The monoisotopic (exact) mass is 546 g/mol. The smallest absolute Gasteiger partial charge is 0.153 e. The predicted molar refractivity (Wildman–Crippen MR) is 137 cm³/mol. The minimum absolute atomic E-state index is 0.203. The van der Waals surface area contributed by atoms with Crippen molar-refractivity contribution >= 4 is 12.6 Å². The summed E-state index contributed by atoms with van der Waals surface area (Å²) in [5, 5.41) is 0. The van der Waals surface area contributed by atoms with E-state index >= 15 is 0 Å². The van der Waals surface area contributed by atoms with Crippen molar-refractivity contribution < 1.29 is 57.0 Å². The van der Waals surface area contributed by atoms with Crippen LogP contribution in [0, 0.1) is 0 Å². The summed E-state index contributed by atoms with van der Waals surface area (Å²) in [6, 6.07) is 2.95. The van der Waals surface area contributed by atoms with Crippen molar-refractivity contribution in [1.29, 1.82) is 0 Å². The average molecular weight is 547 g/mol. The molecule has 0 fully saturated rings. The minimum atomic E-state index is 0.203. The van der Waals surface area contributed by atoms with Crippen molar-refractivity contribution in [1.82, 2.24) is 0 Å². The molecule has 1 aromatic rings. The Hall–Kier alpha value is -2.16. The first-order valence-corrected chi connectivity index (χ1v) is 12.5. The maximum atomic E-state index is 11.5. The summed E-state index contributed by atoms with van der Waals surface area (Å²) in [7, 11) is 3.24. The van der Waals surface area contributed by atoms with Gasteiger partial charge >= 0.3 is 0 Å². The number of benzene rings is 1. The van der Waals surface area contributed by atoms with Crippen LogP contribution in [0.25, 0.3) is 0 Å². The number of carbonyl (C=O) groups excluding carboxylic acids is 2. The van der Waals surface area contributed by atoms with Gasteiger partial charge in [0.25, 0.3) is 0 Å². The van der Waals surface area contributed by atoms with Crippen LogP contribution in [-0.4, -0.2) is 133 Å². The molecule has 0 aliphatic rings. The number of ether oxygens (including phenoxy) is 10. The lowest BCUT2D eigenvalue weighted by atomic mass is 10.1. The fourth-order valence-electron chi connectivity index (χ4n) is 2.81.